The van der Waals surface area contributed by atoms with Gasteiger partial charge in [-0.2, -0.15) is 0 Å². The van der Waals surface area contributed by atoms with Crippen LogP contribution in [0.25, 0.3) is 21.8 Å². The summed E-state index contributed by atoms with van der Waals surface area (Å²) in [6.07, 6.45) is 1.75. The lowest BCUT2D eigenvalue weighted by Gasteiger charge is -2.10. The Balaban J connectivity index is 1.78. The lowest BCUT2D eigenvalue weighted by molar-refractivity contribution is -0.136. The molecule has 2 aromatic carbocycles. The van der Waals surface area contributed by atoms with Crippen molar-refractivity contribution in [3.63, 3.8) is 0 Å². The van der Waals surface area contributed by atoms with E-state index in [1.807, 2.05) is 0 Å². The van der Waals surface area contributed by atoms with Crippen LogP contribution < -0.4 is 15.0 Å². The molecule has 0 spiro atoms. The highest BCUT2D eigenvalue weighted by Gasteiger charge is 2.17. The van der Waals surface area contributed by atoms with E-state index in [2.05, 4.69) is 14.7 Å². The molecule has 0 aliphatic heterocycles. The summed E-state index contributed by atoms with van der Waals surface area (Å²) < 4.78 is 33.1. The number of H-pyrrole nitrogens is 2. The summed E-state index contributed by atoms with van der Waals surface area (Å²) in [4.78, 5) is 29.1. The normalized spacial score (nSPS) is 11.6. The molecule has 0 aliphatic rings. The molecular weight excluding hydrogens is 422 g/mol. The van der Waals surface area contributed by atoms with Gasteiger partial charge < -0.3 is 19.8 Å². The second kappa shape index (κ2) is 7.80. The molecule has 2 heterocycles. The molecular formula is C21H19N3O6S. The van der Waals surface area contributed by atoms with Gasteiger partial charge in [0.1, 0.15) is 11.3 Å². The Labute approximate surface area is 176 Å². The molecule has 4 rings (SSSR count). The molecule has 9 nitrogen and oxygen atoms in total. The molecule has 2 aromatic heterocycles. The van der Waals surface area contributed by atoms with E-state index in [0.717, 1.165) is 0 Å². The van der Waals surface area contributed by atoms with Crippen LogP contribution in [0.3, 0.4) is 0 Å². The summed E-state index contributed by atoms with van der Waals surface area (Å²) in [5.74, 6) is -0.409. The van der Waals surface area contributed by atoms with Crippen molar-refractivity contribution in [2.75, 3.05) is 11.8 Å². The van der Waals surface area contributed by atoms with Gasteiger partial charge in [0.05, 0.1) is 12.0 Å². The van der Waals surface area contributed by atoms with Gasteiger partial charge in [0.2, 0.25) is 0 Å². The fourth-order valence-corrected chi connectivity index (χ4v) is 4.52. The molecule has 0 atom stereocenters. The van der Waals surface area contributed by atoms with Crippen LogP contribution in [0.4, 0.5) is 5.69 Å². The summed E-state index contributed by atoms with van der Waals surface area (Å²) >= 11 is 0. The molecule has 0 saturated heterocycles. The number of methoxy groups -OCH3 is 1. The van der Waals surface area contributed by atoms with E-state index in [1.165, 1.54) is 19.2 Å². The maximum atomic E-state index is 12.8. The number of carboxylic acids is 1. The molecule has 0 bridgehead atoms. The molecule has 0 radical (unpaired) electrons. The van der Waals surface area contributed by atoms with E-state index in [0.29, 0.717) is 38.8 Å². The summed E-state index contributed by atoms with van der Waals surface area (Å²) in [7, 11) is -2.36. The highest BCUT2D eigenvalue weighted by molar-refractivity contribution is 7.92. The third kappa shape index (κ3) is 3.97. The smallest absolute Gasteiger partial charge is 0.303 e. The number of benzene rings is 2. The van der Waals surface area contributed by atoms with E-state index in [1.54, 1.807) is 36.5 Å². The van der Waals surface area contributed by atoms with Crippen LogP contribution >= 0.6 is 0 Å². The van der Waals surface area contributed by atoms with Crippen LogP contribution in [0.2, 0.25) is 0 Å². The fourth-order valence-electron chi connectivity index (χ4n) is 3.47. The summed E-state index contributed by atoms with van der Waals surface area (Å²) in [5.41, 5.74) is 1.46. The first-order chi connectivity index (χ1) is 14.8. The minimum atomic E-state index is -3.85. The third-order valence-electron chi connectivity index (χ3n) is 4.96. The molecule has 0 unspecified atom stereocenters. The number of fused-ring (bicyclic) bond motifs is 3. The van der Waals surface area contributed by atoms with Crippen molar-refractivity contribution < 1.29 is 23.1 Å². The Bertz CT molecular complexity index is 1450. The van der Waals surface area contributed by atoms with Crippen molar-refractivity contribution in [3.8, 4) is 5.75 Å². The Kier molecular flexibility index (Phi) is 5.15. The number of nitrogens with one attached hydrogen (secondary N) is 3. The number of sulfonamides is 1. The average Bonchev–Trinajstić information content (AvgIpc) is 3.17. The zero-order valence-corrected chi connectivity index (χ0v) is 17.2. The van der Waals surface area contributed by atoms with Gasteiger partial charge >= 0.3 is 5.97 Å². The maximum Gasteiger partial charge on any atom is 0.303 e. The number of aryl methyl sites for hydroxylation is 1. The number of anilines is 1. The molecule has 10 heteroatoms. The number of pyridine rings is 1. The van der Waals surface area contributed by atoms with Crippen LogP contribution in [0.15, 0.2) is 58.4 Å². The lowest BCUT2D eigenvalue weighted by Crippen LogP contribution is -2.13. The monoisotopic (exact) mass is 441 g/mol. The summed E-state index contributed by atoms with van der Waals surface area (Å²) in [5, 5.41) is 10.2. The molecule has 0 fully saturated rings. The van der Waals surface area contributed by atoms with E-state index in [9.17, 15) is 18.0 Å². The second-order valence-electron chi connectivity index (χ2n) is 6.95. The zero-order chi connectivity index (χ0) is 22.2. The molecule has 0 amide bonds. The second-order valence-corrected chi connectivity index (χ2v) is 8.64. The number of carboxylic acid groups (broad SMARTS) is 1. The van der Waals surface area contributed by atoms with Crippen LogP contribution in [-0.4, -0.2) is 36.6 Å². The Hall–Kier alpha value is -3.79. The minimum absolute atomic E-state index is 0.0730. The Morgan fingerprint density at radius 1 is 1.16 bits per heavy atom. The van der Waals surface area contributed by atoms with Gasteiger partial charge in [0, 0.05) is 34.6 Å². The highest BCUT2D eigenvalue weighted by atomic mass is 32.2. The fraction of sp³-hybridized carbons (Fsp3) is 0.143. The number of ether oxygens (including phenoxy) is 1. The first-order valence-corrected chi connectivity index (χ1v) is 10.8. The van der Waals surface area contributed by atoms with Gasteiger partial charge in [-0.3, -0.25) is 14.3 Å². The predicted molar refractivity (Wildman–Crippen MR) is 116 cm³/mol. The van der Waals surface area contributed by atoms with Crippen molar-refractivity contribution in [3.05, 3.63) is 64.6 Å². The van der Waals surface area contributed by atoms with Crippen LogP contribution in [0.1, 0.15) is 12.0 Å². The topological polar surface area (TPSA) is 141 Å². The molecule has 160 valence electrons. The van der Waals surface area contributed by atoms with E-state index >= 15 is 0 Å². The van der Waals surface area contributed by atoms with E-state index < -0.39 is 16.0 Å². The SMILES string of the molecule is COc1ccc(S(=O)(=O)Nc2ccc3[nH]c(=O)c4[nH]cc(CCC(=O)O)c4c3c2)cc1. The van der Waals surface area contributed by atoms with Crippen molar-refractivity contribution in [2.45, 2.75) is 17.7 Å². The van der Waals surface area contributed by atoms with Gasteiger partial charge in [-0.05, 0) is 54.4 Å². The molecule has 4 aromatic rings. The highest BCUT2D eigenvalue weighted by Crippen LogP contribution is 2.29. The van der Waals surface area contributed by atoms with Gasteiger partial charge in [0.25, 0.3) is 15.6 Å². The Morgan fingerprint density at radius 2 is 1.90 bits per heavy atom. The van der Waals surface area contributed by atoms with Crippen molar-refractivity contribution in [2.24, 2.45) is 0 Å². The van der Waals surface area contributed by atoms with E-state index in [4.69, 9.17) is 9.84 Å². The van der Waals surface area contributed by atoms with Crippen molar-refractivity contribution in [1.29, 1.82) is 0 Å². The maximum absolute atomic E-state index is 12.8. The predicted octanol–water partition coefficient (Wildman–Crippen LogP) is 2.84. The number of carbonyl (C=O) groups is 1. The standard InChI is InChI=1S/C21H19N3O6S/c1-30-14-4-6-15(7-5-14)31(28,29)24-13-3-8-17-16(10-13)19-12(2-9-18(25)26)11-22-20(19)21(27)23-17/h3-8,10-11,22,24H,2,9H2,1H3,(H,23,27)(H,25,26). The van der Waals surface area contributed by atoms with Gasteiger partial charge in [-0.25, -0.2) is 8.42 Å². The third-order valence-corrected chi connectivity index (χ3v) is 6.35. The number of aliphatic carboxylic acids is 1. The molecule has 0 saturated carbocycles. The van der Waals surface area contributed by atoms with Gasteiger partial charge in [0.15, 0.2) is 0 Å². The quantitative estimate of drug-likeness (QED) is 0.347. The first-order valence-electron chi connectivity index (χ1n) is 9.33. The Morgan fingerprint density at radius 3 is 2.58 bits per heavy atom. The van der Waals surface area contributed by atoms with Crippen LogP contribution in [0, 0.1) is 0 Å². The minimum Gasteiger partial charge on any atom is -0.497 e. The summed E-state index contributed by atoms with van der Waals surface area (Å²) in [6, 6.07) is 10.8. The first kappa shape index (κ1) is 20.5. The number of aromatic nitrogens is 2. The van der Waals surface area contributed by atoms with Crippen molar-refractivity contribution in [1.82, 2.24) is 9.97 Å². The van der Waals surface area contributed by atoms with Crippen molar-refractivity contribution >= 4 is 43.5 Å². The number of hydrogen-bond acceptors (Lipinski definition) is 5. The molecule has 31 heavy (non-hydrogen) atoms. The number of rotatable bonds is 7. The molecule has 0 aliphatic carbocycles. The van der Waals surface area contributed by atoms with E-state index in [-0.39, 0.29) is 23.3 Å². The number of aromatic amines is 2. The van der Waals surface area contributed by atoms with Gasteiger partial charge in [-0.15, -0.1) is 0 Å². The number of hydrogen-bond donors (Lipinski definition) is 4. The van der Waals surface area contributed by atoms with Crippen LogP contribution in [-0.2, 0) is 21.2 Å². The largest absolute Gasteiger partial charge is 0.497 e. The average molecular weight is 441 g/mol. The molecule has 4 N–H and O–H groups in total. The van der Waals surface area contributed by atoms with Gasteiger partial charge in [-0.1, -0.05) is 0 Å². The lowest BCUT2D eigenvalue weighted by atomic mass is 10.0. The van der Waals surface area contributed by atoms with Crippen LogP contribution in [0.5, 0.6) is 5.75 Å². The zero-order valence-electron chi connectivity index (χ0n) is 16.4. The summed E-state index contributed by atoms with van der Waals surface area (Å²) in [6.45, 7) is 0.